The maximum absolute atomic E-state index is 12.6. The highest BCUT2D eigenvalue weighted by atomic mass is 35.5. The van der Waals surface area contributed by atoms with Gasteiger partial charge in [-0.05, 0) is 51.6 Å². The third-order valence-electron chi connectivity index (χ3n) is 5.27. The van der Waals surface area contributed by atoms with Crippen molar-refractivity contribution in [1.29, 1.82) is 0 Å². The average molecular weight is 412 g/mol. The van der Waals surface area contributed by atoms with E-state index in [0.29, 0.717) is 23.8 Å². The summed E-state index contributed by atoms with van der Waals surface area (Å²) in [7, 11) is 0. The first kappa shape index (κ1) is 18.6. The Bertz CT molecular complexity index is 894. The Morgan fingerprint density at radius 1 is 1.26 bits per heavy atom. The fraction of sp³-hybridized carbons (Fsp3) is 0.611. The first-order valence-electron chi connectivity index (χ1n) is 9.14. The van der Waals surface area contributed by atoms with Crippen LogP contribution in [-0.4, -0.2) is 56.7 Å². The summed E-state index contributed by atoms with van der Waals surface area (Å²) >= 11 is 12.5. The summed E-state index contributed by atoms with van der Waals surface area (Å²) in [6, 6.07) is 0. The molecule has 0 aromatic carbocycles. The van der Waals surface area contributed by atoms with Crippen LogP contribution in [0, 0.1) is 0 Å². The number of piperidine rings is 1. The molecule has 7 nitrogen and oxygen atoms in total. The molecule has 1 unspecified atom stereocenters. The minimum absolute atomic E-state index is 0.166. The van der Waals surface area contributed by atoms with E-state index >= 15 is 0 Å². The van der Waals surface area contributed by atoms with Crippen LogP contribution < -0.4 is 4.90 Å². The Hall–Kier alpha value is -1.73. The Balaban J connectivity index is 1.64. The quantitative estimate of drug-likeness (QED) is 0.709. The summed E-state index contributed by atoms with van der Waals surface area (Å²) in [6.07, 6.45) is 4.31. The minimum Gasteiger partial charge on any atom is -0.444 e. The van der Waals surface area contributed by atoms with Crippen molar-refractivity contribution in [3.05, 3.63) is 16.5 Å². The molecule has 9 heteroatoms. The summed E-state index contributed by atoms with van der Waals surface area (Å²) < 4.78 is 5.57. The number of likely N-dealkylation sites (tertiary alicyclic amines) is 1. The zero-order chi connectivity index (χ0) is 19.4. The normalized spacial score (nSPS) is 23.0. The molecule has 27 heavy (non-hydrogen) atoms. The number of nitrogens with zero attached hydrogens (tertiary/aromatic N) is 4. The van der Waals surface area contributed by atoms with Crippen molar-refractivity contribution in [1.82, 2.24) is 19.9 Å². The summed E-state index contributed by atoms with van der Waals surface area (Å²) in [6.45, 7) is 7.80. The van der Waals surface area contributed by atoms with Gasteiger partial charge in [-0.15, -0.1) is 0 Å². The van der Waals surface area contributed by atoms with Crippen LogP contribution in [0.3, 0.4) is 0 Å². The highest BCUT2D eigenvalue weighted by Crippen LogP contribution is 2.45. The number of aromatic amines is 1. The molecule has 1 atom stereocenters. The van der Waals surface area contributed by atoms with Gasteiger partial charge in [0, 0.05) is 25.8 Å². The predicted molar refractivity (Wildman–Crippen MR) is 106 cm³/mol. The van der Waals surface area contributed by atoms with Crippen molar-refractivity contribution in [2.45, 2.75) is 51.2 Å². The van der Waals surface area contributed by atoms with Gasteiger partial charge in [0.05, 0.1) is 15.9 Å². The van der Waals surface area contributed by atoms with Crippen molar-refractivity contribution >= 4 is 46.1 Å². The minimum atomic E-state index is -0.508. The average Bonchev–Trinajstić information content (AvgIpc) is 2.93. The summed E-state index contributed by atoms with van der Waals surface area (Å²) in [5.74, 6) is 0.730. The molecule has 2 aliphatic heterocycles. The zero-order valence-corrected chi connectivity index (χ0v) is 17.2. The molecule has 4 rings (SSSR count). The number of carbonyl (C=O) groups is 1. The van der Waals surface area contributed by atoms with Crippen LogP contribution in [0.25, 0.3) is 11.0 Å². The maximum atomic E-state index is 12.6. The van der Waals surface area contributed by atoms with Crippen LogP contribution in [0.4, 0.5) is 10.6 Å². The Morgan fingerprint density at radius 3 is 2.70 bits per heavy atom. The molecule has 146 valence electrons. The van der Waals surface area contributed by atoms with E-state index in [9.17, 15) is 4.79 Å². The van der Waals surface area contributed by atoms with E-state index in [1.807, 2.05) is 20.8 Å². The number of aromatic nitrogens is 3. The van der Waals surface area contributed by atoms with Gasteiger partial charge in [0.1, 0.15) is 17.1 Å². The highest BCUT2D eigenvalue weighted by Gasteiger charge is 2.50. The largest absolute Gasteiger partial charge is 0.444 e. The van der Waals surface area contributed by atoms with Crippen molar-refractivity contribution in [3.63, 3.8) is 0 Å². The number of anilines is 1. The Kier molecular flexibility index (Phi) is 4.42. The molecule has 2 aromatic heterocycles. The molecule has 1 amide bonds. The summed E-state index contributed by atoms with van der Waals surface area (Å²) in [5.41, 5.74) is -0.0522. The first-order chi connectivity index (χ1) is 12.7. The lowest BCUT2D eigenvalue weighted by molar-refractivity contribution is 0.00835. The van der Waals surface area contributed by atoms with Gasteiger partial charge >= 0.3 is 6.09 Å². The Labute approximate surface area is 168 Å². The molecule has 0 saturated carbocycles. The van der Waals surface area contributed by atoms with Crippen molar-refractivity contribution in [3.8, 4) is 0 Å². The number of hydrogen-bond donors (Lipinski definition) is 1. The molecule has 4 heterocycles. The zero-order valence-electron chi connectivity index (χ0n) is 15.7. The number of hydrogen-bond acceptors (Lipinski definition) is 5. The Morgan fingerprint density at radius 2 is 2.04 bits per heavy atom. The second-order valence-corrected chi connectivity index (χ2v) is 9.05. The number of nitrogens with one attached hydrogen (secondary N) is 1. The van der Waals surface area contributed by atoms with Gasteiger partial charge in [0.15, 0.2) is 0 Å². The van der Waals surface area contributed by atoms with Gasteiger partial charge in [0.25, 0.3) is 0 Å². The molecular formula is C18H23Cl2N5O2. The molecule has 2 fully saturated rings. The fourth-order valence-electron chi connectivity index (χ4n) is 4.04. The smallest absolute Gasteiger partial charge is 0.410 e. The molecule has 1 N–H and O–H groups in total. The number of rotatable bonds is 1. The maximum Gasteiger partial charge on any atom is 0.410 e. The lowest BCUT2D eigenvalue weighted by atomic mass is 9.77. The van der Waals surface area contributed by atoms with Gasteiger partial charge in [-0.3, -0.25) is 0 Å². The van der Waals surface area contributed by atoms with E-state index in [4.69, 9.17) is 27.9 Å². The second kappa shape index (κ2) is 6.41. The van der Waals surface area contributed by atoms with E-state index in [-0.39, 0.29) is 16.9 Å². The van der Waals surface area contributed by atoms with Gasteiger partial charge in [-0.1, -0.05) is 11.6 Å². The molecule has 0 radical (unpaired) electrons. The van der Waals surface area contributed by atoms with Crippen LogP contribution in [0.5, 0.6) is 0 Å². The van der Waals surface area contributed by atoms with Crippen molar-refractivity contribution in [2.24, 2.45) is 0 Å². The number of ether oxygens (including phenoxy) is 1. The van der Waals surface area contributed by atoms with E-state index in [0.717, 1.165) is 37.0 Å². The molecule has 0 aliphatic carbocycles. The van der Waals surface area contributed by atoms with Gasteiger partial charge in [-0.2, -0.15) is 9.97 Å². The number of H-pyrrole nitrogens is 1. The lowest BCUT2D eigenvalue weighted by Crippen LogP contribution is -2.68. The molecule has 0 bridgehead atoms. The molecule has 2 saturated heterocycles. The van der Waals surface area contributed by atoms with E-state index in [2.05, 4.69) is 19.9 Å². The topological polar surface area (TPSA) is 74.3 Å². The summed E-state index contributed by atoms with van der Waals surface area (Å²) in [4.78, 5) is 28.3. The lowest BCUT2D eigenvalue weighted by Gasteiger charge is -2.57. The second-order valence-electron chi connectivity index (χ2n) is 8.31. The van der Waals surface area contributed by atoms with Gasteiger partial charge in [-0.25, -0.2) is 4.79 Å². The van der Waals surface area contributed by atoms with Crippen LogP contribution in [0.15, 0.2) is 6.20 Å². The molecular weight excluding hydrogens is 389 g/mol. The van der Waals surface area contributed by atoms with Crippen LogP contribution in [0.2, 0.25) is 10.3 Å². The van der Waals surface area contributed by atoms with Crippen molar-refractivity contribution in [2.75, 3.05) is 24.5 Å². The fourth-order valence-corrected chi connectivity index (χ4v) is 4.43. The standard InChI is InChI=1S/C18H23Cl2N5O2/c1-17(2,3)27-16(26)24-7-4-5-18(10-24)6-8-25(18)14-12-11(19)9-21-13(12)22-15(20)23-14/h9H,4-8,10H2,1-3H3,(H,21,22,23). The van der Waals surface area contributed by atoms with Crippen LogP contribution in [-0.2, 0) is 4.74 Å². The van der Waals surface area contributed by atoms with Crippen molar-refractivity contribution < 1.29 is 9.53 Å². The molecule has 1 spiro atoms. The highest BCUT2D eigenvalue weighted by molar-refractivity contribution is 6.36. The van der Waals surface area contributed by atoms with Gasteiger partial charge in [0.2, 0.25) is 5.28 Å². The van der Waals surface area contributed by atoms with E-state index in [1.54, 1.807) is 11.1 Å². The van der Waals surface area contributed by atoms with E-state index < -0.39 is 5.60 Å². The third kappa shape index (κ3) is 3.31. The number of halogens is 2. The SMILES string of the molecule is CC(C)(C)OC(=O)N1CCCC2(CCN2c2nc(Cl)nc3[nH]cc(Cl)c23)C1. The van der Waals surface area contributed by atoms with E-state index in [1.165, 1.54) is 0 Å². The first-order valence-corrected chi connectivity index (χ1v) is 9.90. The van der Waals surface area contributed by atoms with Crippen LogP contribution >= 0.6 is 23.2 Å². The predicted octanol–water partition coefficient (Wildman–Crippen LogP) is 4.24. The monoisotopic (exact) mass is 411 g/mol. The molecule has 2 aliphatic rings. The third-order valence-corrected chi connectivity index (χ3v) is 5.74. The molecule has 2 aromatic rings. The number of fused-ring (bicyclic) bond motifs is 1. The number of amides is 1. The van der Waals surface area contributed by atoms with Gasteiger partial charge < -0.3 is 19.5 Å². The number of carbonyl (C=O) groups excluding carboxylic acids is 1. The summed E-state index contributed by atoms with van der Waals surface area (Å²) in [5, 5.41) is 1.52. The van der Waals surface area contributed by atoms with Crippen LogP contribution in [0.1, 0.15) is 40.0 Å².